The van der Waals surface area contributed by atoms with E-state index in [1.807, 2.05) is 37.8 Å². The van der Waals surface area contributed by atoms with E-state index in [0.717, 1.165) is 29.1 Å². The molecule has 3 N–H and O–H groups in total. The number of likely N-dealkylation sites (tertiary alicyclic amines) is 1. The van der Waals surface area contributed by atoms with Crippen molar-refractivity contribution in [3.8, 4) is 11.3 Å². The standard InChI is InChI=1S/C26H32N4O2S/c1-16(27)23(31)29-22(26(2,3)4)25(32)30-14-8-13-21(30)24-28-20(15-33-24)19-12-7-10-17-9-5-6-11-18(17)19/h5-7,9-12,15-16,21-22H,8,13-14,27H2,1-4H3,(H,29,31)/t16-,21-,22+/m0/s1. The monoisotopic (exact) mass is 464 g/mol. The first-order valence-corrected chi connectivity index (χ1v) is 12.3. The van der Waals surface area contributed by atoms with Crippen LogP contribution in [-0.4, -0.2) is 40.3 Å². The van der Waals surface area contributed by atoms with E-state index in [9.17, 15) is 9.59 Å². The van der Waals surface area contributed by atoms with Crippen LogP contribution in [0.4, 0.5) is 0 Å². The van der Waals surface area contributed by atoms with E-state index in [1.54, 1.807) is 18.3 Å². The van der Waals surface area contributed by atoms with Crippen LogP contribution in [0.5, 0.6) is 0 Å². The van der Waals surface area contributed by atoms with Gasteiger partial charge in [-0.05, 0) is 36.0 Å². The largest absolute Gasteiger partial charge is 0.342 e. The predicted octanol–water partition coefficient (Wildman–Crippen LogP) is 4.50. The van der Waals surface area contributed by atoms with Crippen molar-refractivity contribution >= 4 is 33.9 Å². The minimum atomic E-state index is -0.667. The van der Waals surface area contributed by atoms with Gasteiger partial charge in [-0.25, -0.2) is 4.98 Å². The molecule has 174 valence electrons. The van der Waals surface area contributed by atoms with Crippen LogP contribution in [-0.2, 0) is 9.59 Å². The number of aromatic nitrogens is 1. The molecule has 1 fully saturated rings. The van der Waals surface area contributed by atoms with E-state index in [0.29, 0.717) is 6.54 Å². The zero-order chi connectivity index (χ0) is 23.8. The molecule has 0 spiro atoms. The minimum Gasteiger partial charge on any atom is -0.342 e. The lowest BCUT2D eigenvalue weighted by Crippen LogP contribution is -2.57. The number of nitrogens with two attached hydrogens (primary N) is 1. The molecule has 4 rings (SSSR count). The fraction of sp³-hybridized carbons (Fsp3) is 0.423. The summed E-state index contributed by atoms with van der Waals surface area (Å²) in [4.78, 5) is 32.8. The molecule has 1 aliphatic rings. The molecule has 0 saturated carbocycles. The summed E-state index contributed by atoms with van der Waals surface area (Å²) >= 11 is 1.60. The van der Waals surface area contributed by atoms with Gasteiger partial charge >= 0.3 is 0 Å². The molecule has 3 aromatic rings. The van der Waals surface area contributed by atoms with Crippen molar-refractivity contribution in [2.24, 2.45) is 11.1 Å². The molecular formula is C26H32N4O2S. The van der Waals surface area contributed by atoms with E-state index in [2.05, 4.69) is 41.0 Å². The van der Waals surface area contributed by atoms with Crippen LogP contribution in [0, 0.1) is 5.41 Å². The summed E-state index contributed by atoms with van der Waals surface area (Å²) in [6.07, 6.45) is 1.78. The summed E-state index contributed by atoms with van der Waals surface area (Å²) in [5.74, 6) is -0.382. The number of hydrogen-bond donors (Lipinski definition) is 2. The molecule has 1 aliphatic heterocycles. The summed E-state index contributed by atoms with van der Waals surface area (Å²) in [6, 6.07) is 13.2. The zero-order valence-corrected chi connectivity index (χ0v) is 20.5. The quantitative estimate of drug-likeness (QED) is 0.582. The van der Waals surface area contributed by atoms with E-state index < -0.39 is 17.5 Å². The molecule has 1 aromatic heterocycles. The average molecular weight is 465 g/mol. The number of rotatable bonds is 5. The van der Waals surface area contributed by atoms with Crippen molar-refractivity contribution in [3.05, 3.63) is 52.9 Å². The van der Waals surface area contributed by atoms with Gasteiger partial charge < -0.3 is 16.0 Å². The summed E-state index contributed by atoms with van der Waals surface area (Å²) in [5, 5.41) is 8.25. The highest BCUT2D eigenvalue weighted by Crippen LogP contribution is 2.38. The third kappa shape index (κ3) is 4.80. The molecule has 7 heteroatoms. The summed E-state index contributed by atoms with van der Waals surface area (Å²) in [7, 11) is 0. The maximum atomic E-state index is 13.6. The molecule has 2 heterocycles. The maximum absolute atomic E-state index is 13.6. The molecular weight excluding hydrogens is 432 g/mol. The number of thiazole rings is 1. The summed E-state index contributed by atoms with van der Waals surface area (Å²) in [5.41, 5.74) is 7.35. The fourth-order valence-corrected chi connectivity index (χ4v) is 5.35. The van der Waals surface area contributed by atoms with Crippen LogP contribution in [0.25, 0.3) is 22.0 Å². The Bertz CT molecular complexity index is 1160. The van der Waals surface area contributed by atoms with Crippen molar-refractivity contribution in [1.29, 1.82) is 0 Å². The van der Waals surface area contributed by atoms with Crippen molar-refractivity contribution in [1.82, 2.24) is 15.2 Å². The van der Waals surface area contributed by atoms with Crippen LogP contribution < -0.4 is 11.1 Å². The number of nitrogens with one attached hydrogen (secondary N) is 1. The van der Waals surface area contributed by atoms with Crippen LogP contribution in [0.15, 0.2) is 47.8 Å². The molecule has 3 atom stereocenters. The van der Waals surface area contributed by atoms with Crippen molar-refractivity contribution in [2.45, 2.75) is 58.7 Å². The Balaban J connectivity index is 1.61. The van der Waals surface area contributed by atoms with Crippen LogP contribution >= 0.6 is 11.3 Å². The summed E-state index contributed by atoms with van der Waals surface area (Å²) < 4.78 is 0. The molecule has 6 nitrogen and oxygen atoms in total. The molecule has 0 bridgehead atoms. The highest BCUT2D eigenvalue weighted by atomic mass is 32.1. The molecule has 33 heavy (non-hydrogen) atoms. The Labute approximate surface area is 199 Å². The van der Waals surface area contributed by atoms with Crippen molar-refractivity contribution in [2.75, 3.05) is 6.54 Å². The molecule has 1 saturated heterocycles. The lowest BCUT2D eigenvalue weighted by atomic mass is 9.85. The van der Waals surface area contributed by atoms with E-state index in [-0.39, 0.29) is 17.9 Å². The minimum absolute atomic E-state index is 0.0686. The number of carbonyl (C=O) groups excluding carboxylic acids is 2. The Morgan fingerprint density at radius 3 is 2.64 bits per heavy atom. The van der Waals surface area contributed by atoms with Gasteiger partial charge in [0.15, 0.2) is 0 Å². The molecule has 0 radical (unpaired) electrons. The normalized spacial score (nSPS) is 18.3. The second kappa shape index (κ2) is 9.23. The molecule has 2 aromatic carbocycles. The Morgan fingerprint density at radius 2 is 1.91 bits per heavy atom. The van der Waals surface area contributed by atoms with Gasteiger partial charge in [-0.15, -0.1) is 11.3 Å². The number of nitrogens with zero attached hydrogens (tertiary/aromatic N) is 2. The van der Waals surface area contributed by atoms with Gasteiger partial charge in [0, 0.05) is 17.5 Å². The molecule has 0 aliphatic carbocycles. The average Bonchev–Trinajstić information content (AvgIpc) is 3.45. The Kier molecular flexibility index (Phi) is 6.54. The first-order valence-electron chi connectivity index (χ1n) is 11.5. The summed E-state index contributed by atoms with van der Waals surface area (Å²) in [6.45, 7) is 8.17. The number of carbonyl (C=O) groups is 2. The van der Waals surface area contributed by atoms with Crippen LogP contribution in [0.1, 0.15) is 51.6 Å². The number of fused-ring (bicyclic) bond motifs is 1. The molecule has 2 amide bonds. The highest BCUT2D eigenvalue weighted by Gasteiger charge is 2.41. The number of hydrogen-bond acceptors (Lipinski definition) is 5. The van der Waals surface area contributed by atoms with Crippen molar-refractivity contribution < 1.29 is 9.59 Å². The smallest absolute Gasteiger partial charge is 0.246 e. The van der Waals surface area contributed by atoms with Gasteiger partial charge in [-0.3, -0.25) is 9.59 Å². The van der Waals surface area contributed by atoms with E-state index in [1.165, 1.54) is 10.8 Å². The van der Waals surface area contributed by atoms with Crippen molar-refractivity contribution in [3.63, 3.8) is 0 Å². The fourth-order valence-electron chi connectivity index (χ4n) is 4.39. The second-order valence-electron chi connectivity index (χ2n) is 9.88. The third-order valence-corrected chi connectivity index (χ3v) is 7.17. The number of benzene rings is 2. The Hall–Kier alpha value is -2.77. The van der Waals surface area contributed by atoms with E-state index in [4.69, 9.17) is 10.7 Å². The highest BCUT2D eigenvalue weighted by molar-refractivity contribution is 7.10. The predicted molar refractivity (Wildman–Crippen MR) is 134 cm³/mol. The SMILES string of the molecule is C[C@H](N)C(=O)N[C@H](C(=O)N1CCC[C@H]1c1nc(-c2cccc3ccccc23)cs1)C(C)(C)C. The first-order chi connectivity index (χ1) is 15.7. The van der Waals surface area contributed by atoms with Crippen LogP contribution in [0.2, 0.25) is 0 Å². The number of amides is 2. The zero-order valence-electron chi connectivity index (χ0n) is 19.7. The topological polar surface area (TPSA) is 88.3 Å². The van der Waals surface area contributed by atoms with Crippen LogP contribution in [0.3, 0.4) is 0 Å². The van der Waals surface area contributed by atoms with E-state index >= 15 is 0 Å². The van der Waals surface area contributed by atoms with Gasteiger partial charge in [-0.2, -0.15) is 0 Å². The second-order valence-corrected chi connectivity index (χ2v) is 10.8. The van der Waals surface area contributed by atoms with Gasteiger partial charge in [0.1, 0.15) is 11.0 Å². The van der Waals surface area contributed by atoms with Gasteiger partial charge in [0.2, 0.25) is 11.8 Å². The third-order valence-electron chi connectivity index (χ3n) is 6.22. The molecule has 0 unspecified atom stereocenters. The maximum Gasteiger partial charge on any atom is 0.246 e. The first kappa shape index (κ1) is 23.4. The van der Waals surface area contributed by atoms with Gasteiger partial charge in [0.25, 0.3) is 0 Å². The lowest BCUT2D eigenvalue weighted by molar-refractivity contribution is -0.140. The van der Waals surface area contributed by atoms with Gasteiger partial charge in [-0.1, -0.05) is 63.2 Å². The Morgan fingerprint density at radius 1 is 1.18 bits per heavy atom. The lowest BCUT2D eigenvalue weighted by Gasteiger charge is -2.35. The van der Waals surface area contributed by atoms with Gasteiger partial charge in [0.05, 0.1) is 17.8 Å².